The van der Waals surface area contributed by atoms with Crippen molar-refractivity contribution in [1.82, 2.24) is 19.3 Å². The van der Waals surface area contributed by atoms with Crippen LogP contribution in [0.5, 0.6) is 0 Å². The Morgan fingerprint density at radius 1 is 1.40 bits per heavy atom. The quantitative estimate of drug-likeness (QED) is 0.751. The molecule has 3 rings (SSSR count). The molecule has 0 bridgehead atoms. The second kappa shape index (κ2) is 4.94. The number of fused-ring (bicyclic) bond motifs is 1. The number of para-hydroxylation sites is 1. The lowest BCUT2D eigenvalue weighted by atomic mass is 10.2. The van der Waals surface area contributed by atoms with Crippen molar-refractivity contribution in [1.29, 1.82) is 5.26 Å². The smallest absolute Gasteiger partial charge is 0.178 e. The molecule has 0 unspecified atom stereocenters. The molecule has 0 saturated heterocycles. The highest BCUT2D eigenvalue weighted by Crippen LogP contribution is 2.18. The van der Waals surface area contributed by atoms with Crippen molar-refractivity contribution in [2.75, 3.05) is 0 Å². The fourth-order valence-corrected chi connectivity index (χ4v) is 2.61. The Morgan fingerprint density at radius 3 is 2.95 bits per heavy atom. The third kappa shape index (κ3) is 2.12. The summed E-state index contributed by atoms with van der Waals surface area (Å²) >= 11 is 5.35. The predicted octanol–water partition coefficient (Wildman–Crippen LogP) is 2.55. The zero-order chi connectivity index (χ0) is 14.1. The molecule has 6 heteroatoms. The summed E-state index contributed by atoms with van der Waals surface area (Å²) in [5.74, 6) is 0. The van der Waals surface area contributed by atoms with Gasteiger partial charge in [-0.1, -0.05) is 6.07 Å². The highest BCUT2D eigenvalue weighted by atomic mass is 32.1. The largest absolute Gasteiger partial charge is 0.329 e. The first kappa shape index (κ1) is 12.6. The van der Waals surface area contributed by atoms with Gasteiger partial charge >= 0.3 is 0 Å². The van der Waals surface area contributed by atoms with E-state index < -0.39 is 0 Å². The van der Waals surface area contributed by atoms with Gasteiger partial charge in [0, 0.05) is 26.2 Å². The Bertz CT molecular complexity index is 862. The molecule has 0 fully saturated rings. The van der Waals surface area contributed by atoms with E-state index in [2.05, 4.69) is 16.2 Å². The van der Waals surface area contributed by atoms with Gasteiger partial charge in [0.1, 0.15) is 6.07 Å². The van der Waals surface area contributed by atoms with Crippen LogP contribution in [0, 0.1) is 16.1 Å². The molecular formula is C14H13N5S. The fourth-order valence-electron chi connectivity index (χ4n) is 2.32. The molecule has 0 atom stereocenters. The van der Waals surface area contributed by atoms with Crippen molar-refractivity contribution >= 4 is 23.3 Å². The van der Waals surface area contributed by atoms with E-state index in [1.807, 2.05) is 36.0 Å². The van der Waals surface area contributed by atoms with Crippen molar-refractivity contribution in [2.24, 2.45) is 7.05 Å². The predicted molar refractivity (Wildman–Crippen MR) is 78.7 cm³/mol. The summed E-state index contributed by atoms with van der Waals surface area (Å²) in [6, 6.07) is 9.82. The Morgan fingerprint density at radius 2 is 2.25 bits per heavy atom. The van der Waals surface area contributed by atoms with E-state index in [1.165, 1.54) is 0 Å². The van der Waals surface area contributed by atoms with E-state index in [1.54, 1.807) is 10.7 Å². The number of benzene rings is 1. The first-order chi connectivity index (χ1) is 9.69. The second-order valence-corrected chi connectivity index (χ2v) is 5.01. The van der Waals surface area contributed by atoms with E-state index in [9.17, 15) is 0 Å². The first-order valence-corrected chi connectivity index (χ1v) is 6.70. The zero-order valence-electron chi connectivity index (χ0n) is 11.0. The van der Waals surface area contributed by atoms with Crippen molar-refractivity contribution in [3.05, 3.63) is 46.5 Å². The van der Waals surface area contributed by atoms with Gasteiger partial charge < -0.3 is 9.55 Å². The summed E-state index contributed by atoms with van der Waals surface area (Å²) in [5.41, 5.74) is 3.41. The van der Waals surface area contributed by atoms with Crippen molar-refractivity contribution in [3.63, 3.8) is 0 Å². The molecule has 0 saturated carbocycles. The third-order valence-electron chi connectivity index (χ3n) is 3.29. The number of hydrogen-bond acceptors (Lipinski definition) is 3. The van der Waals surface area contributed by atoms with Crippen LogP contribution in [-0.4, -0.2) is 19.3 Å². The second-order valence-electron chi connectivity index (χ2n) is 4.62. The van der Waals surface area contributed by atoms with Gasteiger partial charge in [-0.2, -0.15) is 10.4 Å². The highest BCUT2D eigenvalue weighted by molar-refractivity contribution is 7.71. The van der Waals surface area contributed by atoms with Gasteiger partial charge in [0.05, 0.1) is 22.3 Å². The summed E-state index contributed by atoms with van der Waals surface area (Å²) < 4.78 is 4.44. The van der Waals surface area contributed by atoms with Crippen LogP contribution in [0.25, 0.3) is 11.0 Å². The SMILES string of the molecule is Cn1ccc(CCn2c(=S)[nH]c3c(C#N)cccc32)n1. The normalized spacial score (nSPS) is 10.8. The summed E-state index contributed by atoms with van der Waals surface area (Å²) in [5, 5.41) is 13.5. The van der Waals surface area contributed by atoms with Gasteiger partial charge in [-0.05, 0) is 30.4 Å². The highest BCUT2D eigenvalue weighted by Gasteiger charge is 2.08. The number of nitrogens with one attached hydrogen (secondary N) is 1. The summed E-state index contributed by atoms with van der Waals surface area (Å²) in [4.78, 5) is 3.12. The van der Waals surface area contributed by atoms with Crippen LogP contribution in [0.1, 0.15) is 11.3 Å². The number of rotatable bonds is 3. The lowest BCUT2D eigenvalue weighted by molar-refractivity contribution is 0.671. The number of hydrogen-bond donors (Lipinski definition) is 1. The van der Waals surface area contributed by atoms with Crippen LogP contribution < -0.4 is 0 Å². The molecule has 0 amide bonds. The Balaban J connectivity index is 1.98. The Kier molecular flexibility index (Phi) is 3.12. The number of H-pyrrole nitrogens is 1. The molecule has 0 spiro atoms. The van der Waals surface area contributed by atoms with E-state index in [4.69, 9.17) is 17.5 Å². The molecule has 0 aliphatic carbocycles. The minimum Gasteiger partial charge on any atom is -0.329 e. The molecular weight excluding hydrogens is 270 g/mol. The number of aromatic amines is 1. The summed E-state index contributed by atoms with van der Waals surface area (Å²) in [6.45, 7) is 0.741. The minimum atomic E-state index is 0.616. The maximum atomic E-state index is 9.12. The number of nitriles is 1. The molecule has 0 aliphatic rings. The minimum absolute atomic E-state index is 0.616. The summed E-state index contributed by atoms with van der Waals surface area (Å²) in [7, 11) is 1.90. The zero-order valence-corrected chi connectivity index (χ0v) is 11.8. The molecule has 100 valence electrons. The maximum Gasteiger partial charge on any atom is 0.178 e. The number of aromatic nitrogens is 4. The molecule has 20 heavy (non-hydrogen) atoms. The van der Waals surface area contributed by atoms with Gasteiger partial charge in [-0.15, -0.1) is 0 Å². The molecule has 2 aromatic heterocycles. The van der Waals surface area contributed by atoms with Crippen molar-refractivity contribution in [2.45, 2.75) is 13.0 Å². The van der Waals surface area contributed by atoms with Gasteiger partial charge in [-0.25, -0.2) is 0 Å². The van der Waals surface area contributed by atoms with Crippen LogP contribution in [0.2, 0.25) is 0 Å². The molecule has 1 aromatic carbocycles. The number of nitrogens with zero attached hydrogens (tertiary/aromatic N) is 4. The maximum absolute atomic E-state index is 9.12. The van der Waals surface area contributed by atoms with Gasteiger partial charge in [0.25, 0.3) is 0 Å². The standard InChI is InChI=1S/C14H13N5S/c1-18-7-5-11(17-18)6-8-19-12-4-2-3-10(9-15)13(12)16-14(19)20/h2-5,7H,6,8H2,1H3,(H,16,20). The van der Waals surface area contributed by atoms with Crippen LogP contribution in [-0.2, 0) is 20.0 Å². The lowest BCUT2D eigenvalue weighted by Gasteiger charge is -2.03. The number of aryl methyl sites for hydroxylation is 3. The molecule has 1 N–H and O–H groups in total. The molecule has 5 nitrogen and oxygen atoms in total. The average molecular weight is 283 g/mol. The number of imidazole rings is 1. The molecule has 3 aromatic rings. The van der Waals surface area contributed by atoms with Gasteiger partial charge in [-0.3, -0.25) is 4.68 Å². The monoisotopic (exact) mass is 283 g/mol. The third-order valence-corrected chi connectivity index (χ3v) is 3.61. The van der Waals surface area contributed by atoms with E-state index in [0.717, 1.165) is 29.7 Å². The molecule has 2 heterocycles. The van der Waals surface area contributed by atoms with E-state index >= 15 is 0 Å². The van der Waals surface area contributed by atoms with Crippen molar-refractivity contribution < 1.29 is 0 Å². The Labute approximate surface area is 121 Å². The average Bonchev–Trinajstić information content (AvgIpc) is 2.99. The van der Waals surface area contributed by atoms with Gasteiger partial charge in [0.15, 0.2) is 4.77 Å². The Hall–Kier alpha value is -2.39. The van der Waals surface area contributed by atoms with Crippen molar-refractivity contribution in [3.8, 4) is 6.07 Å². The van der Waals surface area contributed by atoms with Crippen LogP contribution >= 0.6 is 12.2 Å². The lowest BCUT2D eigenvalue weighted by Crippen LogP contribution is -2.02. The van der Waals surface area contributed by atoms with Crippen LogP contribution in [0.3, 0.4) is 0 Å². The molecule has 0 aliphatic heterocycles. The van der Waals surface area contributed by atoms with Crippen LogP contribution in [0.4, 0.5) is 0 Å². The van der Waals surface area contributed by atoms with Crippen LogP contribution in [0.15, 0.2) is 30.5 Å². The first-order valence-electron chi connectivity index (χ1n) is 6.29. The topological polar surface area (TPSA) is 62.3 Å². The molecule has 0 radical (unpaired) electrons. The van der Waals surface area contributed by atoms with Gasteiger partial charge in [0.2, 0.25) is 0 Å². The summed E-state index contributed by atoms with van der Waals surface area (Å²) in [6.07, 6.45) is 2.73. The van der Waals surface area contributed by atoms with E-state index in [0.29, 0.717) is 10.3 Å². The van der Waals surface area contributed by atoms with E-state index in [-0.39, 0.29) is 0 Å². The fraction of sp³-hybridized carbons (Fsp3) is 0.214.